The summed E-state index contributed by atoms with van der Waals surface area (Å²) >= 11 is 1.13. The summed E-state index contributed by atoms with van der Waals surface area (Å²) in [6.45, 7) is 1.81. The van der Waals surface area contributed by atoms with Crippen LogP contribution in [0.3, 0.4) is 0 Å². The smallest absolute Gasteiger partial charge is 0.156 e. The topological polar surface area (TPSA) is 106 Å². The van der Waals surface area contributed by atoms with E-state index in [9.17, 15) is 8.42 Å². The van der Waals surface area contributed by atoms with E-state index in [4.69, 9.17) is 15.9 Å². The van der Waals surface area contributed by atoms with Crippen LogP contribution in [0.15, 0.2) is 0 Å². The number of nitrogens with zero attached hydrogens (tertiary/aromatic N) is 1. The van der Waals surface area contributed by atoms with Gasteiger partial charge in [-0.2, -0.15) is 0 Å². The molecule has 8 heteroatoms. The van der Waals surface area contributed by atoms with Gasteiger partial charge in [0.1, 0.15) is 16.6 Å². The molecule has 0 saturated heterocycles. The summed E-state index contributed by atoms with van der Waals surface area (Å²) < 4.78 is 27.9. The number of sulfone groups is 1. The molecular formula is C9H15N3O3S2. The number of thiazole rings is 1. The number of aromatic nitrogens is 1. The second-order valence-electron chi connectivity index (χ2n) is 3.41. The van der Waals surface area contributed by atoms with Crippen LogP contribution in [0.1, 0.15) is 22.5 Å². The molecule has 0 unspecified atom stereocenters. The number of nitrogens with one attached hydrogen (secondary N) is 1. The minimum Gasteiger partial charge on any atom is -0.383 e. The van der Waals surface area contributed by atoms with Gasteiger partial charge in [0.25, 0.3) is 0 Å². The lowest BCUT2D eigenvalue weighted by Gasteiger charge is -1.97. The molecule has 96 valence electrons. The predicted octanol–water partition coefficient (Wildman–Crippen LogP) is 0.508. The third kappa shape index (κ3) is 3.76. The van der Waals surface area contributed by atoms with E-state index in [2.05, 4.69) is 4.98 Å². The number of nitrogen functional groups attached to an aromatic ring is 1. The molecule has 0 bridgehead atoms. The predicted molar refractivity (Wildman–Crippen MR) is 67.0 cm³/mol. The van der Waals surface area contributed by atoms with Crippen LogP contribution in [0, 0.1) is 5.41 Å². The van der Waals surface area contributed by atoms with Crippen molar-refractivity contribution in [3.8, 4) is 0 Å². The van der Waals surface area contributed by atoms with Crippen LogP contribution in [0.4, 0.5) is 0 Å². The SMILES string of the molecule is CCS(=O)(=O)Cc1nc(COC)c(C(=N)N)s1. The molecule has 0 fully saturated rings. The third-order valence-corrected chi connectivity index (χ3v) is 4.96. The molecule has 1 aromatic heterocycles. The third-order valence-electron chi connectivity index (χ3n) is 2.05. The van der Waals surface area contributed by atoms with Gasteiger partial charge >= 0.3 is 0 Å². The van der Waals surface area contributed by atoms with E-state index in [1.807, 2.05) is 0 Å². The first-order valence-electron chi connectivity index (χ1n) is 4.92. The largest absolute Gasteiger partial charge is 0.383 e. The number of hydrogen-bond donors (Lipinski definition) is 2. The van der Waals surface area contributed by atoms with Gasteiger partial charge in [-0.3, -0.25) is 5.41 Å². The van der Waals surface area contributed by atoms with Crippen molar-refractivity contribution in [1.82, 2.24) is 4.98 Å². The van der Waals surface area contributed by atoms with Crippen molar-refractivity contribution in [2.45, 2.75) is 19.3 Å². The molecule has 1 heterocycles. The summed E-state index contributed by atoms with van der Waals surface area (Å²) in [6.07, 6.45) is 0. The van der Waals surface area contributed by atoms with Gasteiger partial charge in [-0.1, -0.05) is 6.92 Å². The molecule has 0 aromatic carbocycles. The molecule has 6 nitrogen and oxygen atoms in total. The number of methoxy groups -OCH3 is 1. The Morgan fingerprint density at radius 1 is 1.59 bits per heavy atom. The van der Waals surface area contributed by atoms with Crippen molar-refractivity contribution in [2.24, 2.45) is 5.73 Å². The lowest BCUT2D eigenvalue weighted by atomic mass is 10.3. The Bertz CT molecular complexity index is 508. The molecule has 0 atom stereocenters. The van der Waals surface area contributed by atoms with Crippen molar-refractivity contribution >= 4 is 27.0 Å². The maximum atomic E-state index is 11.5. The molecule has 0 spiro atoms. The van der Waals surface area contributed by atoms with E-state index in [0.29, 0.717) is 15.6 Å². The lowest BCUT2D eigenvalue weighted by molar-refractivity contribution is 0.182. The number of hydrogen-bond acceptors (Lipinski definition) is 6. The average Bonchev–Trinajstić information content (AvgIpc) is 2.61. The van der Waals surface area contributed by atoms with Gasteiger partial charge in [-0.15, -0.1) is 11.3 Å². The number of amidine groups is 1. The van der Waals surface area contributed by atoms with Crippen molar-refractivity contribution in [3.05, 3.63) is 15.6 Å². The fourth-order valence-electron chi connectivity index (χ4n) is 1.20. The minimum atomic E-state index is -3.12. The molecule has 0 aliphatic rings. The maximum absolute atomic E-state index is 11.5. The van der Waals surface area contributed by atoms with E-state index in [-0.39, 0.29) is 23.9 Å². The molecule has 0 aliphatic carbocycles. The van der Waals surface area contributed by atoms with Gasteiger partial charge in [0.15, 0.2) is 9.84 Å². The average molecular weight is 277 g/mol. The molecule has 0 aliphatic heterocycles. The van der Waals surface area contributed by atoms with Crippen LogP contribution < -0.4 is 5.73 Å². The zero-order valence-corrected chi connectivity index (χ0v) is 11.3. The van der Waals surface area contributed by atoms with Crippen molar-refractivity contribution < 1.29 is 13.2 Å². The summed E-state index contributed by atoms with van der Waals surface area (Å²) in [5.41, 5.74) is 5.92. The monoisotopic (exact) mass is 277 g/mol. The van der Waals surface area contributed by atoms with Gasteiger partial charge in [-0.25, -0.2) is 13.4 Å². The fraction of sp³-hybridized carbons (Fsp3) is 0.556. The highest BCUT2D eigenvalue weighted by atomic mass is 32.2. The second kappa shape index (κ2) is 5.56. The molecule has 1 rings (SSSR count). The highest BCUT2D eigenvalue weighted by Crippen LogP contribution is 2.21. The molecule has 0 amide bonds. The Morgan fingerprint density at radius 3 is 2.71 bits per heavy atom. The first kappa shape index (κ1) is 14.1. The fourth-order valence-corrected chi connectivity index (χ4v) is 3.34. The molecular weight excluding hydrogens is 262 g/mol. The van der Waals surface area contributed by atoms with E-state index >= 15 is 0 Å². The Morgan fingerprint density at radius 2 is 2.24 bits per heavy atom. The number of nitrogens with two attached hydrogens (primary N) is 1. The van der Waals surface area contributed by atoms with Gasteiger partial charge < -0.3 is 10.5 Å². The lowest BCUT2D eigenvalue weighted by Crippen LogP contribution is -2.11. The summed E-state index contributed by atoms with van der Waals surface area (Å²) in [6, 6.07) is 0. The Balaban J connectivity index is 3.04. The highest BCUT2D eigenvalue weighted by molar-refractivity contribution is 7.90. The molecule has 1 aromatic rings. The zero-order valence-electron chi connectivity index (χ0n) is 9.69. The summed E-state index contributed by atoms with van der Waals surface area (Å²) in [4.78, 5) is 4.63. The first-order valence-corrected chi connectivity index (χ1v) is 7.55. The number of rotatable bonds is 6. The maximum Gasteiger partial charge on any atom is 0.156 e. The molecule has 0 saturated carbocycles. The van der Waals surface area contributed by atoms with E-state index in [1.165, 1.54) is 7.11 Å². The van der Waals surface area contributed by atoms with Gasteiger partial charge in [0.2, 0.25) is 0 Å². The van der Waals surface area contributed by atoms with Gasteiger partial charge in [0, 0.05) is 12.9 Å². The highest BCUT2D eigenvalue weighted by Gasteiger charge is 2.17. The van der Waals surface area contributed by atoms with E-state index in [0.717, 1.165) is 11.3 Å². The molecule has 17 heavy (non-hydrogen) atoms. The summed E-state index contributed by atoms with van der Waals surface area (Å²) in [5, 5.41) is 7.84. The van der Waals surface area contributed by atoms with Gasteiger partial charge in [0.05, 0.1) is 17.2 Å². The van der Waals surface area contributed by atoms with Crippen LogP contribution in [0.25, 0.3) is 0 Å². The van der Waals surface area contributed by atoms with Gasteiger partial charge in [-0.05, 0) is 0 Å². The van der Waals surface area contributed by atoms with Crippen LogP contribution >= 0.6 is 11.3 Å². The van der Waals surface area contributed by atoms with Crippen LogP contribution in [-0.2, 0) is 26.9 Å². The van der Waals surface area contributed by atoms with Crippen molar-refractivity contribution in [3.63, 3.8) is 0 Å². The minimum absolute atomic E-state index is 0.0710. The molecule has 3 N–H and O–H groups in total. The standard InChI is InChI=1S/C9H15N3O3S2/c1-3-17(13,14)5-7-12-6(4-15-2)8(16-7)9(10)11/h3-5H2,1-2H3,(H3,10,11). The van der Waals surface area contributed by atoms with Crippen molar-refractivity contribution in [2.75, 3.05) is 12.9 Å². The normalized spacial score (nSPS) is 11.6. The summed E-state index contributed by atoms with van der Waals surface area (Å²) in [5.74, 6) is -0.158. The van der Waals surface area contributed by atoms with Crippen LogP contribution in [-0.4, -0.2) is 32.1 Å². The second-order valence-corrected chi connectivity index (χ2v) is 6.84. The Labute approximate surface area is 104 Å². The molecule has 0 radical (unpaired) electrons. The van der Waals surface area contributed by atoms with Crippen molar-refractivity contribution in [1.29, 1.82) is 5.41 Å². The first-order chi connectivity index (χ1) is 7.89. The Kier molecular flexibility index (Phi) is 4.61. The van der Waals surface area contributed by atoms with Crippen LogP contribution in [0.2, 0.25) is 0 Å². The quantitative estimate of drug-likeness (QED) is 0.582. The zero-order chi connectivity index (χ0) is 13.1. The van der Waals surface area contributed by atoms with Crippen LogP contribution in [0.5, 0.6) is 0 Å². The summed E-state index contributed by atoms with van der Waals surface area (Å²) in [7, 11) is -1.62. The Hall–Kier alpha value is -0.990. The van der Waals surface area contributed by atoms with E-state index in [1.54, 1.807) is 6.92 Å². The number of ether oxygens (including phenoxy) is 1. The van der Waals surface area contributed by atoms with E-state index < -0.39 is 9.84 Å².